The first kappa shape index (κ1) is 18.3. The zero-order valence-corrected chi connectivity index (χ0v) is 16.0. The molecule has 5 nitrogen and oxygen atoms in total. The van der Waals surface area contributed by atoms with E-state index in [2.05, 4.69) is 4.98 Å². The van der Waals surface area contributed by atoms with Crippen LogP contribution in [0.25, 0.3) is 0 Å². The van der Waals surface area contributed by atoms with E-state index in [9.17, 15) is 4.79 Å². The van der Waals surface area contributed by atoms with Gasteiger partial charge in [-0.1, -0.05) is 29.8 Å². The molecule has 0 unspecified atom stereocenters. The Hall–Kier alpha value is -3.05. The molecule has 2 heterocycles. The summed E-state index contributed by atoms with van der Waals surface area (Å²) in [6.45, 7) is 2.15. The molecule has 6 heteroatoms. The summed E-state index contributed by atoms with van der Waals surface area (Å²) in [5, 5.41) is 0.605. The molecule has 1 aromatic heterocycles. The van der Waals surface area contributed by atoms with Gasteiger partial charge >= 0.3 is 0 Å². The van der Waals surface area contributed by atoms with Crippen LogP contribution >= 0.6 is 11.6 Å². The van der Waals surface area contributed by atoms with Crippen LogP contribution in [0.3, 0.4) is 0 Å². The molecule has 0 spiro atoms. The molecule has 0 bridgehead atoms. The predicted octanol–water partition coefficient (Wildman–Crippen LogP) is 4.50. The summed E-state index contributed by atoms with van der Waals surface area (Å²) in [5.74, 6) is 1.00. The van der Waals surface area contributed by atoms with E-state index < -0.39 is 12.2 Å². The fraction of sp³-hybridized carbons (Fsp3) is 0.182. The number of anilines is 1. The Morgan fingerprint density at radius 3 is 2.36 bits per heavy atom. The number of hydrogen-bond donors (Lipinski definition) is 0. The maximum atomic E-state index is 13.5. The summed E-state index contributed by atoms with van der Waals surface area (Å²) < 4.78 is 11.9. The molecule has 1 aliphatic heterocycles. The van der Waals surface area contributed by atoms with Crippen LogP contribution in [0.1, 0.15) is 12.6 Å². The summed E-state index contributed by atoms with van der Waals surface area (Å²) in [6.07, 6.45) is 0.508. The number of ether oxygens (including phenoxy) is 2. The molecular formula is C22H19ClN2O3. The number of fused-ring (bicyclic) bond motifs is 1. The fourth-order valence-corrected chi connectivity index (χ4v) is 3.24. The van der Waals surface area contributed by atoms with Crippen molar-refractivity contribution in [2.75, 3.05) is 4.90 Å². The molecule has 1 amide bonds. The molecule has 0 saturated carbocycles. The highest BCUT2D eigenvalue weighted by atomic mass is 35.5. The van der Waals surface area contributed by atoms with Crippen LogP contribution in [0.5, 0.6) is 11.5 Å². The molecular weight excluding hydrogens is 376 g/mol. The second-order valence-corrected chi connectivity index (χ2v) is 6.97. The van der Waals surface area contributed by atoms with Crippen LogP contribution in [0.4, 0.5) is 5.69 Å². The largest absolute Gasteiger partial charge is 0.482 e. The van der Waals surface area contributed by atoms with E-state index in [0.717, 1.165) is 11.4 Å². The van der Waals surface area contributed by atoms with E-state index >= 15 is 0 Å². The summed E-state index contributed by atoms with van der Waals surface area (Å²) in [4.78, 5) is 19.5. The summed E-state index contributed by atoms with van der Waals surface area (Å²) in [5.41, 5.74) is 1.49. The minimum Gasteiger partial charge on any atom is -0.482 e. The minimum absolute atomic E-state index is 0.199. The van der Waals surface area contributed by atoms with Crippen molar-refractivity contribution in [2.24, 2.45) is 0 Å². The fourth-order valence-electron chi connectivity index (χ4n) is 3.12. The third kappa shape index (κ3) is 3.80. The molecule has 0 N–H and O–H groups in total. The quantitative estimate of drug-likeness (QED) is 0.654. The highest BCUT2D eigenvalue weighted by Crippen LogP contribution is 2.34. The van der Waals surface area contributed by atoms with Crippen LogP contribution < -0.4 is 14.4 Å². The van der Waals surface area contributed by atoms with Gasteiger partial charge in [0, 0.05) is 16.9 Å². The molecule has 0 saturated heterocycles. The van der Waals surface area contributed by atoms with Gasteiger partial charge < -0.3 is 14.4 Å². The first-order valence-electron chi connectivity index (χ1n) is 9.01. The van der Waals surface area contributed by atoms with Crippen molar-refractivity contribution < 1.29 is 14.3 Å². The normalized spacial score (nSPS) is 17.8. The van der Waals surface area contributed by atoms with Gasteiger partial charge in [0.05, 0.1) is 12.2 Å². The average Bonchev–Trinajstić information content (AvgIpc) is 2.72. The lowest BCUT2D eigenvalue weighted by Gasteiger charge is -2.34. The second-order valence-electron chi connectivity index (χ2n) is 6.53. The first-order valence-corrected chi connectivity index (χ1v) is 9.39. The number of carbonyl (C=O) groups is 1. The highest BCUT2D eigenvalue weighted by molar-refractivity contribution is 6.30. The molecule has 28 heavy (non-hydrogen) atoms. The standard InChI is InChI=1S/C22H19ClN2O3/c1-15-21(28-20-8-3-2-7-19(20)27-15)22(26)25(14-17-6-4-5-13-24-17)18-11-9-16(23)10-12-18/h2-13,15,21H,14H2,1H3/t15-,21-/m1/s1. The van der Waals surface area contributed by atoms with Gasteiger partial charge in [0.25, 0.3) is 5.91 Å². The average molecular weight is 395 g/mol. The van der Waals surface area contributed by atoms with Crippen LogP contribution in [0.15, 0.2) is 72.9 Å². The molecule has 4 rings (SSSR count). The van der Waals surface area contributed by atoms with Gasteiger partial charge in [-0.15, -0.1) is 0 Å². The van der Waals surface area contributed by atoms with Crippen molar-refractivity contribution in [1.29, 1.82) is 0 Å². The van der Waals surface area contributed by atoms with Crippen LogP contribution in [0.2, 0.25) is 5.02 Å². The van der Waals surface area contributed by atoms with Gasteiger partial charge in [0.15, 0.2) is 11.5 Å². The zero-order chi connectivity index (χ0) is 19.5. The number of carbonyl (C=O) groups excluding carboxylic acids is 1. The lowest BCUT2D eigenvalue weighted by Crippen LogP contribution is -2.50. The molecule has 142 valence electrons. The van der Waals surface area contributed by atoms with Gasteiger partial charge in [-0.3, -0.25) is 9.78 Å². The van der Waals surface area contributed by atoms with Crippen molar-refractivity contribution in [1.82, 2.24) is 4.98 Å². The molecule has 0 aliphatic carbocycles. The van der Waals surface area contributed by atoms with E-state index in [0.29, 0.717) is 23.1 Å². The van der Waals surface area contributed by atoms with Crippen molar-refractivity contribution in [3.63, 3.8) is 0 Å². The summed E-state index contributed by atoms with van der Waals surface area (Å²) in [6, 6.07) is 20.1. The van der Waals surface area contributed by atoms with Crippen LogP contribution in [-0.2, 0) is 11.3 Å². The number of para-hydroxylation sites is 2. The van der Waals surface area contributed by atoms with E-state index in [-0.39, 0.29) is 5.91 Å². The predicted molar refractivity (Wildman–Crippen MR) is 108 cm³/mol. The lowest BCUT2D eigenvalue weighted by atomic mass is 10.1. The molecule has 1 aliphatic rings. The number of benzene rings is 2. The van der Waals surface area contributed by atoms with Gasteiger partial charge in [-0.25, -0.2) is 0 Å². The van der Waals surface area contributed by atoms with Gasteiger partial charge in [0.1, 0.15) is 6.10 Å². The van der Waals surface area contributed by atoms with E-state index in [1.54, 1.807) is 29.3 Å². The maximum Gasteiger partial charge on any atom is 0.272 e. The van der Waals surface area contributed by atoms with Crippen molar-refractivity contribution >= 4 is 23.2 Å². The summed E-state index contributed by atoms with van der Waals surface area (Å²) >= 11 is 6.02. The third-order valence-corrected chi connectivity index (χ3v) is 4.79. The number of amides is 1. The molecule has 3 aromatic rings. The highest BCUT2D eigenvalue weighted by Gasteiger charge is 2.37. The monoisotopic (exact) mass is 394 g/mol. The first-order chi connectivity index (χ1) is 13.6. The number of nitrogens with zero attached hydrogens (tertiary/aromatic N) is 2. The van der Waals surface area contributed by atoms with Crippen molar-refractivity contribution in [3.05, 3.63) is 83.6 Å². The van der Waals surface area contributed by atoms with Crippen molar-refractivity contribution in [2.45, 2.75) is 25.7 Å². The number of pyridine rings is 1. The molecule has 2 atom stereocenters. The number of rotatable bonds is 4. The van der Waals surface area contributed by atoms with Gasteiger partial charge in [-0.05, 0) is 55.5 Å². The van der Waals surface area contributed by atoms with Crippen LogP contribution in [-0.4, -0.2) is 23.1 Å². The number of halogens is 1. The second kappa shape index (κ2) is 7.90. The van der Waals surface area contributed by atoms with E-state index in [1.165, 1.54) is 0 Å². The number of aromatic nitrogens is 1. The van der Waals surface area contributed by atoms with E-state index in [4.69, 9.17) is 21.1 Å². The number of hydrogen-bond acceptors (Lipinski definition) is 4. The molecule has 2 aromatic carbocycles. The maximum absolute atomic E-state index is 13.5. The molecule has 0 radical (unpaired) electrons. The van der Waals surface area contributed by atoms with Gasteiger partial charge in [0.2, 0.25) is 6.10 Å². The SMILES string of the molecule is C[C@H]1Oc2ccccc2O[C@H]1C(=O)N(Cc1ccccn1)c1ccc(Cl)cc1. The van der Waals surface area contributed by atoms with Gasteiger partial charge in [-0.2, -0.15) is 0 Å². The Bertz CT molecular complexity index is 963. The smallest absolute Gasteiger partial charge is 0.272 e. The summed E-state index contributed by atoms with van der Waals surface area (Å²) in [7, 11) is 0. The third-order valence-electron chi connectivity index (χ3n) is 4.54. The Labute approximate surface area is 168 Å². The van der Waals surface area contributed by atoms with Crippen LogP contribution in [0, 0.1) is 0 Å². The Morgan fingerprint density at radius 1 is 1.00 bits per heavy atom. The van der Waals surface area contributed by atoms with E-state index in [1.807, 2.05) is 55.5 Å². The Balaban J connectivity index is 1.65. The Kier molecular flexibility index (Phi) is 5.17. The lowest BCUT2D eigenvalue weighted by molar-refractivity contribution is -0.130. The van der Waals surface area contributed by atoms with Crippen molar-refractivity contribution in [3.8, 4) is 11.5 Å². The minimum atomic E-state index is -0.769. The zero-order valence-electron chi connectivity index (χ0n) is 15.3. The molecule has 0 fully saturated rings. The Morgan fingerprint density at radius 2 is 1.68 bits per heavy atom. The topological polar surface area (TPSA) is 51.7 Å².